The molecule has 0 saturated heterocycles. The van der Waals surface area contributed by atoms with Crippen molar-refractivity contribution in [2.45, 2.75) is 26.9 Å². The van der Waals surface area contributed by atoms with Crippen molar-refractivity contribution < 1.29 is 9.53 Å². The number of carbonyl (C=O) groups excluding carboxylic acids is 1. The topological polar surface area (TPSA) is 50.1 Å². The van der Waals surface area contributed by atoms with Crippen LogP contribution >= 0.6 is 0 Å². The Morgan fingerprint density at radius 3 is 2.67 bits per heavy atom. The van der Waals surface area contributed by atoms with Gasteiger partial charge in [-0.25, -0.2) is 0 Å². The van der Waals surface area contributed by atoms with E-state index < -0.39 is 6.10 Å². The van der Waals surface area contributed by atoms with E-state index >= 15 is 0 Å². The molecule has 3 heteroatoms. The van der Waals surface area contributed by atoms with Crippen molar-refractivity contribution in [3.8, 4) is 11.8 Å². The van der Waals surface area contributed by atoms with E-state index in [1.165, 1.54) is 0 Å². The first kappa shape index (κ1) is 14.8. The second kappa shape index (κ2) is 6.23. The van der Waals surface area contributed by atoms with E-state index in [-0.39, 0.29) is 5.78 Å². The summed E-state index contributed by atoms with van der Waals surface area (Å²) in [6.45, 7) is 5.59. The monoisotopic (exact) mass is 279 g/mol. The van der Waals surface area contributed by atoms with Gasteiger partial charge >= 0.3 is 0 Å². The summed E-state index contributed by atoms with van der Waals surface area (Å²) >= 11 is 0. The summed E-state index contributed by atoms with van der Waals surface area (Å²) < 4.78 is 5.67. The van der Waals surface area contributed by atoms with Gasteiger partial charge in [-0.2, -0.15) is 5.26 Å². The van der Waals surface area contributed by atoms with Crippen LogP contribution in [0.15, 0.2) is 42.5 Å². The fraction of sp³-hybridized carbons (Fsp3) is 0.222. The summed E-state index contributed by atoms with van der Waals surface area (Å²) in [6, 6.07) is 14.7. The molecule has 106 valence electrons. The number of ether oxygens (including phenoxy) is 1. The molecule has 1 atom stereocenters. The Morgan fingerprint density at radius 1 is 1.19 bits per heavy atom. The predicted octanol–water partition coefficient (Wildman–Crippen LogP) is 3.83. The Labute approximate surface area is 124 Å². The molecule has 0 bridgehead atoms. The van der Waals surface area contributed by atoms with Crippen molar-refractivity contribution in [2.75, 3.05) is 0 Å². The van der Waals surface area contributed by atoms with Crippen molar-refractivity contribution in [1.82, 2.24) is 0 Å². The van der Waals surface area contributed by atoms with Gasteiger partial charge in [-0.05, 0) is 50.6 Å². The quantitative estimate of drug-likeness (QED) is 0.799. The smallest absolute Gasteiger partial charge is 0.203 e. The van der Waals surface area contributed by atoms with Gasteiger partial charge in [-0.15, -0.1) is 0 Å². The first-order valence-corrected chi connectivity index (χ1v) is 6.79. The zero-order valence-corrected chi connectivity index (χ0v) is 12.4. The molecule has 2 aromatic carbocycles. The molecule has 3 nitrogen and oxygen atoms in total. The molecule has 0 aliphatic carbocycles. The van der Waals surface area contributed by atoms with Crippen molar-refractivity contribution >= 4 is 5.78 Å². The van der Waals surface area contributed by atoms with Crippen LogP contribution in [0.25, 0.3) is 0 Å². The summed E-state index contributed by atoms with van der Waals surface area (Å²) in [4.78, 5) is 12.5. The maximum Gasteiger partial charge on any atom is 0.203 e. The van der Waals surface area contributed by atoms with Crippen molar-refractivity contribution in [2.24, 2.45) is 0 Å². The van der Waals surface area contributed by atoms with Crippen molar-refractivity contribution in [1.29, 1.82) is 5.26 Å². The highest BCUT2D eigenvalue weighted by atomic mass is 16.5. The summed E-state index contributed by atoms with van der Waals surface area (Å²) in [5, 5.41) is 8.88. The summed E-state index contributed by atoms with van der Waals surface area (Å²) in [5.74, 6) is 0.471. The Kier molecular flexibility index (Phi) is 4.39. The van der Waals surface area contributed by atoms with Crippen LogP contribution in [-0.2, 0) is 0 Å². The standard InChI is InChI=1S/C18H17NO2/c1-12-7-8-13(2)17(9-12)18(20)14(3)21-16-6-4-5-15(10-16)11-19/h4-10,14H,1-3H3. The highest BCUT2D eigenvalue weighted by Crippen LogP contribution is 2.18. The summed E-state index contributed by atoms with van der Waals surface area (Å²) in [7, 11) is 0. The molecule has 21 heavy (non-hydrogen) atoms. The molecule has 0 aliphatic heterocycles. The maximum absolute atomic E-state index is 12.5. The first-order chi connectivity index (χ1) is 10.0. The van der Waals surface area contributed by atoms with Crippen LogP contribution in [0.2, 0.25) is 0 Å². The lowest BCUT2D eigenvalue weighted by Gasteiger charge is -2.15. The van der Waals surface area contributed by atoms with Crippen LogP contribution in [0.3, 0.4) is 0 Å². The van der Waals surface area contributed by atoms with Gasteiger partial charge in [-0.1, -0.05) is 23.8 Å². The third kappa shape index (κ3) is 3.49. The highest BCUT2D eigenvalue weighted by Gasteiger charge is 2.19. The molecular weight excluding hydrogens is 262 g/mol. The lowest BCUT2D eigenvalue weighted by molar-refractivity contribution is 0.0817. The second-order valence-corrected chi connectivity index (χ2v) is 5.08. The van der Waals surface area contributed by atoms with Crippen LogP contribution < -0.4 is 4.74 Å². The molecule has 0 spiro atoms. The number of benzene rings is 2. The van der Waals surface area contributed by atoms with Gasteiger partial charge in [-0.3, -0.25) is 4.79 Å². The van der Waals surface area contributed by atoms with E-state index in [9.17, 15) is 4.79 Å². The minimum Gasteiger partial charge on any atom is -0.483 e. The molecule has 1 unspecified atom stereocenters. The van der Waals surface area contributed by atoms with Crippen LogP contribution in [0.4, 0.5) is 0 Å². The molecule has 2 rings (SSSR count). The molecule has 0 aliphatic rings. The summed E-state index contributed by atoms with van der Waals surface area (Å²) in [6.07, 6.45) is -0.598. The van der Waals surface area contributed by atoms with Crippen LogP contribution in [-0.4, -0.2) is 11.9 Å². The Bertz CT molecular complexity index is 713. The molecule has 0 heterocycles. The minimum atomic E-state index is -0.598. The van der Waals surface area contributed by atoms with Crippen molar-refractivity contribution in [3.63, 3.8) is 0 Å². The van der Waals surface area contributed by atoms with Crippen molar-refractivity contribution in [3.05, 3.63) is 64.7 Å². The highest BCUT2D eigenvalue weighted by molar-refractivity contribution is 6.00. The maximum atomic E-state index is 12.5. The number of nitriles is 1. The zero-order valence-electron chi connectivity index (χ0n) is 12.4. The average molecular weight is 279 g/mol. The Balaban J connectivity index is 2.19. The number of aryl methyl sites for hydroxylation is 2. The van der Waals surface area contributed by atoms with Gasteiger partial charge in [0.1, 0.15) is 5.75 Å². The predicted molar refractivity (Wildman–Crippen MR) is 81.5 cm³/mol. The number of ketones is 1. The van der Waals surface area contributed by atoms with Gasteiger partial charge in [0.15, 0.2) is 6.10 Å². The van der Waals surface area contributed by atoms with Gasteiger partial charge in [0.2, 0.25) is 5.78 Å². The molecule has 0 aromatic heterocycles. The van der Waals surface area contributed by atoms with Gasteiger partial charge in [0, 0.05) is 5.56 Å². The SMILES string of the molecule is Cc1ccc(C)c(C(=O)C(C)Oc2cccc(C#N)c2)c1. The van der Waals surface area contributed by atoms with E-state index in [1.807, 2.05) is 32.0 Å². The number of nitrogens with zero attached hydrogens (tertiary/aromatic N) is 1. The van der Waals surface area contributed by atoms with Gasteiger partial charge in [0.05, 0.1) is 11.6 Å². The van der Waals surface area contributed by atoms with E-state index in [0.717, 1.165) is 11.1 Å². The largest absolute Gasteiger partial charge is 0.483 e. The number of hydrogen-bond acceptors (Lipinski definition) is 3. The molecular formula is C18H17NO2. The van der Waals surface area contributed by atoms with Gasteiger partial charge < -0.3 is 4.74 Å². The first-order valence-electron chi connectivity index (χ1n) is 6.79. The molecule has 0 radical (unpaired) electrons. The molecule has 2 aromatic rings. The molecule has 0 saturated carbocycles. The van der Waals surface area contributed by atoms with E-state index in [4.69, 9.17) is 10.00 Å². The average Bonchev–Trinajstić information content (AvgIpc) is 2.49. The molecule has 0 amide bonds. The fourth-order valence-corrected chi connectivity index (χ4v) is 2.12. The Morgan fingerprint density at radius 2 is 1.95 bits per heavy atom. The molecule has 0 N–H and O–H groups in total. The summed E-state index contributed by atoms with van der Waals surface area (Å²) in [5.41, 5.74) is 3.17. The second-order valence-electron chi connectivity index (χ2n) is 5.08. The van der Waals surface area contributed by atoms with E-state index in [1.54, 1.807) is 31.2 Å². The number of Topliss-reactive ketones (excluding diaryl/α,β-unsaturated/α-hetero) is 1. The number of carbonyl (C=O) groups is 1. The fourth-order valence-electron chi connectivity index (χ4n) is 2.12. The third-order valence-electron chi connectivity index (χ3n) is 3.30. The minimum absolute atomic E-state index is 0.0569. The third-order valence-corrected chi connectivity index (χ3v) is 3.30. The van der Waals surface area contributed by atoms with Crippen LogP contribution in [0, 0.1) is 25.2 Å². The van der Waals surface area contributed by atoms with E-state index in [2.05, 4.69) is 6.07 Å². The van der Waals surface area contributed by atoms with Crippen LogP contribution in [0.5, 0.6) is 5.75 Å². The lowest BCUT2D eigenvalue weighted by Crippen LogP contribution is -2.24. The van der Waals surface area contributed by atoms with Gasteiger partial charge in [0.25, 0.3) is 0 Å². The lowest BCUT2D eigenvalue weighted by atomic mass is 9.99. The number of hydrogen-bond donors (Lipinski definition) is 0. The normalized spacial score (nSPS) is 11.5. The molecule has 0 fully saturated rings. The van der Waals surface area contributed by atoms with Crippen LogP contribution in [0.1, 0.15) is 34.0 Å². The van der Waals surface area contributed by atoms with E-state index in [0.29, 0.717) is 16.9 Å². The number of rotatable bonds is 4. The Hall–Kier alpha value is -2.60. The zero-order chi connectivity index (χ0) is 15.4.